The van der Waals surface area contributed by atoms with E-state index in [9.17, 15) is 0 Å². The molecule has 0 radical (unpaired) electrons. The van der Waals surface area contributed by atoms with Crippen molar-refractivity contribution in [3.05, 3.63) is 68.8 Å². The first-order valence-electron chi connectivity index (χ1n) is 7.98. The van der Waals surface area contributed by atoms with Crippen molar-refractivity contribution < 1.29 is 45.2 Å². The van der Waals surface area contributed by atoms with Crippen LogP contribution in [0.4, 0.5) is 0 Å². The van der Waals surface area contributed by atoms with Gasteiger partial charge in [0.15, 0.2) is 0 Å². The maximum atomic E-state index is 2.36. The zero-order chi connectivity index (χ0) is 16.2. The molecule has 0 aromatic heterocycles. The molecule has 0 amide bonds. The van der Waals surface area contributed by atoms with Crippen molar-refractivity contribution >= 4 is 9.45 Å². The smallest absolute Gasteiger partial charge is 1.00 e. The van der Waals surface area contributed by atoms with Gasteiger partial charge in [0.25, 0.3) is 0 Å². The summed E-state index contributed by atoms with van der Waals surface area (Å²) in [6, 6.07) is 8.86. The maximum absolute atomic E-state index is 2.36. The number of hydrogen-bond donors (Lipinski definition) is 0. The third-order valence-corrected chi connectivity index (χ3v) is 6.19. The van der Waals surface area contributed by atoms with E-state index in [2.05, 4.69) is 86.2 Å². The van der Waals surface area contributed by atoms with Crippen LogP contribution < -0.4 is 24.8 Å². The van der Waals surface area contributed by atoms with Crippen LogP contribution >= 0.6 is 0 Å². The second kappa shape index (κ2) is 7.79. The molecule has 0 fully saturated rings. The largest absolute Gasteiger partial charge is 1.00 e. The number of benzene rings is 1. The van der Waals surface area contributed by atoms with Gasteiger partial charge in [0, 0.05) is 0 Å². The minimum Gasteiger partial charge on any atom is -1.00 e. The fraction of sp³-hybridized carbons (Fsp3) is 0.333. The average molecular weight is 394 g/mol. The summed E-state index contributed by atoms with van der Waals surface area (Å²) in [6.07, 6.45) is 0. The van der Waals surface area contributed by atoms with Gasteiger partial charge in [-0.05, 0) is 0 Å². The van der Waals surface area contributed by atoms with Gasteiger partial charge in [0.05, 0.1) is 0 Å². The fourth-order valence-corrected chi connectivity index (χ4v) is 4.62. The van der Waals surface area contributed by atoms with Gasteiger partial charge in [-0.25, -0.2) is 0 Å². The van der Waals surface area contributed by atoms with Crippen LogP contribution in [-0.2, 0) is 20.4 Å². The van der Waals surface area contributed by atoms with E-state index in [1.54, 1.807) is 5.57 Å². The second-order valence-electron chi connectivity index (χ2n) is 6.74. The van der Waals surface area contributed by atoms with Crippen LogP contribution in [0.3, 0.4) is 0 Å². The van der Waals surface area contributed by atoms with Gasteiger partial charge in [-0.3, -0.25) is 0 Å². The average Bonchev–Trinajstić information content (AvgIpc) is 2.88. The Hall–Kier alpha value is -0.526. The third kappa shape index (κ3) is 3.03. The van der Waals surface area contributed by atoms with Crippen molar-refractivity contribution in [1.82, 2.24) is 0 Å². The summed E-state index contributed by atoms with van der Waals surface area (Å²) in [5, 5.41) is 0. The Morgan fingerprint density at radius 2 is 1.46 bits per heavy atom. The van der Waals surface area contributed by atoms with E-state index >= 15 is 0 Å². The van der Waals surface area contributed by atoms with Gasteiger partial charge in [-0.15, -0.1) is 0 Å². The van der Waals surface area contributed by atoms with Gasteiger partial charge >= 0.3 is 146 Å². The molecule has 0 saturated carbocycles. The first-order valence-corrected chi connectivity index (χ1v) is 8.76. The van der Waals surface area contributed by atoms with Crippen molar-refractivity contribution in [1.29, 1.82) is 0 Å². The van der Waals surface area contributed by atoms with Crippen LogP contribution in [0, 0.1) is 5.92 Å². The van der Waals surface area contributed by atoms with Gasteiger partial charge in [-0.1, -0.05) is 0 Å². The molecule has 0 spiro atoms. The number of hydrogen-bond acceptors (Lipinski definition) is 0. The van der Waals surface area contributed by atoms with Crippen molar-refractivity contribution in [2.45, 2.75) is 41.5 Å². The zero-order valence-electron chi connectivity index (χ0n) is 15.1. The molecular formula is C21H23Cl2Ti. The van der Waals surface area contributed by atoms with E-state index in [1.165, 1.54) is 48.4 Å². The van der Waals surface area contributed by atoms with E-state index in [-0.39, 0.29) is 24.8 Å². The quantitative estimate of drug-likeness (QED) is 0.592. The normalized spacial score (nSPS) is 19.5. The van der Waals surface area contributed by atoms with Gasteiger partial charge in [0.2, 0.25) is 0 Å². The van der Waals surface area contributed by atoms with Gasteiger partial charge in [0.1, 0.15) is 0 Å². The van der Waals surface area contributed by atoms with E-state index in [4.69, 9.17) is 0 Å². The first kappa shape index (κ1) is 21.5. The minimum absolute atomic E-state index is 0. The predicted molar refractivity (Wildman–Crippen MR) is 91.9 cm³/mol. The summed E-state index contributed by atoms with van der Waals surface area (Å²) >= 11 is 2.29. The summed E-state index contributed by atoms with van der Waals surface area (Å²) in [5.74, 6) is 0.522. The molecule has 0 bridgehead atoms. The van der Waals surface area contributed by atoms with Crippen LogP contribution in [0.25, 0.3) is 9.45 Å². The summed E-state index contributed by atoms with van der Waals surface area (Å²) in [4.78, 5) is 0. The zero-order valence-corrected chi connectivity index (χ0v) is 18.2. The summed E-state index contributed by atoms with van der Waals surface area (Å²) in [5.41, 5.74) is 13.2. The van der Waals surface area contributed by atoms with Gasteiger partial charge in [-0.2, -0.15) is 0 Å². The predicted octanol–water partition coefficient (Wildman–Crippen LogP) is 0.0621. The van der Waals surface area contributed by atoms with E-state index < -0.39 is 0 Å². The van der Waals surface area contributed by atoms with Crippen molar-refractivity contribution in [3.8, 4) is 0 Å². The molecule has 0 saturated heterocycles. The summed E-state index contributed by atoms with van der Waals surface area (Å²) < 4.78 is 1.44. The Balaban J connectivity index is 0.00000144. The Bertz CT molecular complexity index is 803. The molecule has 125 valence electrons. The number of halogens is 2. The molecule has 24 heavy (non-hydrogen) atoms. The molecule has 0 N–H and O–H groups in total. The monoisotopic (exact) mass is 393 g/mol. The van der Waals surface area contributed by atoms with Crippen molar-refractivity contribution in [2.75, 3.05) is 0 Å². The molecule has 0 aliphatic heterocycles. The van der Waals surface area contributed by atoms with Crippen LogP contribution in [0.5, 0.6) is 0 Å². The first-order chi connectivity index (χ1) is 10.4. The van der Waals surface area contributed by atoms with Crippen LogP contribution in [-0.4, -0.2) is 0 Å². The van der Waals surface area contributed by atoms with Crippen molar-refractivity contribution in [3.63, 3.8) is 0 Å². The number of fused-ring (bicyclic) bond motifs is 1. The minimum atomic E-state index is 0. The van der Waals surface area contributed by atoms with Crippen LogP contribution in [0.1, 0.15) is 52.7 Å². The van der Waals surface area contributed by atoms with E-state index in [1.807, 2.05) is 0 Å². The van der Waals surface area contributed by atoms with E-state index in [0.717, 1.165) is 0 Å². The Labute approximate surface area is 170 Å². The molecule has 2 aliphatic carbocycles. The molecule has 3 rings (SSSR count). The Morgan fingerprint density at radius 1 is 0.917 bits per heavy atom. The molecule has 0 heterocycles. The Morgan fingerprint density at radius 3 is 1.92 bits per heavy atom. The van der Waals surface area contributed by atoms with Crippen LogP contribution in [0.15, 0.2) is 57.7 Å². The van der Waals surface area contributed by atoms with Crippen molar-refractivity contribution in [2.24, 2.45) is 5.92 Å². The van der Waals surface area contributed by atoms with Gasteiger partial charge < -0.3 is 24.8 Å². The molecule has 1 unspecified atom stereocenters. The second-order valence-corrected chi connectivity index (χ2v) is 7.52. The third-order valence-electron chi connectivity index (χ3n) is 5.38. The van der Waals surface area contributed by atoms with Crippen LogP contribution in [0.2, 0.25) is 0 Å². The topological polar surface area (TPSA) is 0 Å². The fourth-order valence-electron chi connectivity index (χ4n) is 3.87. The molecule has 3 heteroatoms. The molecule has 1 atom stereocenters. The summed E-state index contributed by atoms with van der Waals surface area (Å²) in [6.45, 7) is 13.7. The summed E-state index contributed by atoms with van der Waals surface area (Å²) in [7, 11) is 0. The standard InChI is InChI=1S/C21H23.2ClH.Ti/c1-12(2)20-18-10-8-7-9-17(18)11-19(20)21-15(5)13(3)14(4)16(21)6;;;/h7-10,15H,1-6H3;2*1H;/q;;;+2/p-2. The number of rotatable bonds is 1. The molecule has 0 nitrogen and oxygen atoms in total. The molecule has 1 aromatic rings. The maximum Gasteiger partial charge on any atom is -1.00 e. The van der Waals surface area contributed by atoms with E-state index in [0.29, 0.717) is 5.92 Å². The molecule has 1 aromatic carbocycles. The number of allylic oxidation sites excluding steroid dienone is 7. The molecular weight excluding hydrogens is 371 g/mol. The molecule has 2 aliphatic rings. The SMILES string of the molecule is CC(C)=C1C(C2=C(C)C(C)=C(C)C2C)=[C]([Ti+2])c2ccccc21.[Cl-].[Cl-]. The Kier molecular flexibility index (Phi) is 6.98.